The lowest BCUT2D eigenvalue weighted by Crippen LogP contribution is -2.25. The van der Waals surface area contributed by atoms with Crippen LogP contribution in [-0.2, 0) is 0 Å². The summed E-state index contributed by atoms with van der Waals surface area (Å²) < 4.78 is 5.22. The van der Waals surface area contributed by atoms with E-state index in [0.29, 0.717) is 24.3 Å². The molecule has 2 rings (SSSR count). The van der Waals surface area contributed by atoms with Crippen LogP contribution in [0, 0.1) is 0 Å². The Labute approximate surface area is 111 Å². The number of hydrogen-bond donors (Lipinski definition) is 2. The molecule has 0 atom stereocenters. The number of aliphatic hydroxyl groups excluding tert-OH is 1. The van der Waals surface area contributed by atoms with Crippen molar-refractivity contribution in [1.29, 1.82) is 0 Å². The van der Waals surface area contributed by atoms with Crippen LogP contribution in [0.4, 0.5) is 0 Å². The number of carbonyl (C=O) groups excluding carboxylic acids is 1. The maximum Gasteiger partial charge on any atom is 0.252 e. The van der Waals surface area contributed by atoms with Crippen LogP contribution in [0.25, 0.3) is 10.9 Å². The third kappa shape index (κ3) is 3.00. The molecular formula is C14H16N2O3. The molecule has 0 bridgehead atoms. The Morgan fingerprint density at radius 1 is 1.47 bits per heavy atom. The molecule has 0 fully saturated rings. The second kappa shape index (κ2) is 6.15. The van der Waals surface area contributed by atoms with Gasteiger partial charge in [0.05, 0.1) is 12.7 Å². The Morgan fingerprint density at radius 3 is 3.05 bits per heavy atom. The molecule has 0 aliphatic rings. The van der Waals surface area contributed by atoms with Crippen molar-refractivity contribution < 1.29 is 14.6 Å². The van der Waals surface area contributed by atoms with Crippen molar-refractivity contribution in [3.05, 3.63) is 36.0 Å². The van der Waals surface area contributed by atoms with Crippen molar-refractivity contribution >= 4 is 16.8 Å². The highest BCUT2D eigenvalue weighted by Gasteiger charge is 2.08. The second-order valence-corrected chi connectivity index (χ2v) is 4.09. The van der Waals surface area contributed by atoms with Gasteiger partial charge in [0.2, 0.25) is 0 Å². The zero-order valence-electron chi connectivity index (χ0n) is 10.7. The molecule has 0 unspecified atom stereocenters. The average Bonchev–Trinajstić information content (AvgIpc) is 2.46. The van der Waals surface area contributed by atoms with Gasteiger partial charge >= 0.3 is 0 Å². The molecule has 100 valence electrons. The Morgan fingerprint density at radius 2 is 2.32 bits per heavy atom. The van der Waals surface area contributed by atoms with Crippen LogP contribution in [-0.4, -0.2) is 36.3 Å². The molecule has 1 aromatic carbocycles. The molecule has 1 amide bonds. The lowest BCUT2D eigenvalue weighted by atomic mass is 10.1. The largest absolute Gasteiger partial charge is 0.494 e. The predicted molar refractivity (Wildman–Crippen MR) is 72.3 cm³/mol. The summed E-state index contributed by atoms with van der Waals surface area (Å²) >= 11 is 0. The number of hydrogen-bond acceptors (Lipinski definition) is 4. The number of nitrogens with one attached hydrogen (secondary N) is 1. The Bertz CT molecular complexity index is 584. The fourth-order valence-electron chi connectivity index (χ4n) is 1.80. The zero-order chi connectivity index (χ0) is 13.7. The van der Waals surface area contributed by atoms with Crippen molar-refractivity contribution in [3.8, 4) is 5.75 Å². The van der Waals surface area contributed by atoms with E-state index in [1.165, 1.54) is 6.20 Å². The molecule has 0 saturated carbocycles. The molecule has 5 nitrogen and oxygen atoms in total. The molecule has 19 heavy (non-hydrogen) atoms. The van der Waals surface area contributed by atoms with Gasteiger partial charge in [-0.15, -0.1) is 0 Å². The number of fused-ring (bicyclic) bond motifs is 1. The van der Waals surface area contributed by atoms with E-state index in [2.05, 4.69) is 10.3 Å². The monoisotopic (exact) mass is 260 g/mol. The average molecular weight is 260 g/mol. The number of ether oxygens (including phenoxy) is 1. The first-order valence-electron chi connectivity index (χ1n) is 6.08. The molecule has 0 aliphatic carbocycles. The molecule has 0 saturated heterocycles. The smallest absolute Gasteiger partial charge is 0.252 e. The maximum absolute atomic E-state index is 11.9. The predicted octanol–water partition coefficient (Wildman–Crippen LogP) is 1.36. The molecule has 1 heterocycles. The molecule has 2 N–H and O–H groups in total. The van der Waals surface area contributed by atoms with Crippen molar-refractivity contribution in [2.75, 3.05) is 20.3 Å². The highest BCUT2D eigenvalue weighted by Crippen LogP contribution is 2.23. The maximum atomic E-state index is 11.9. The summed E-state index contributed by atoms with van der Waals surface area (Å²) in [6.45, 7) is 0.513. The number of nitrogens with zero attached hydrogens (tertiary/aromatic N) is 1. The van der Waals surface area contributed by atoms with Gasteiger partial charge in [-0.25, -0.2) is 0 Å². The number of carbonyl (C=O) groups is 1. The lowest BCUT2D eigenvalue weighted by molar-refractivity contribution is 0.0951. The summed E-state index contributed by atoms with van der Waals surface area (Å²) in [7, 11) is 1.59. The molecular weight excluding hydrogens is 244 g/mol. The van der Waals surface area contributed by atoms with E-state index >= 15 is 0 Å². The highest BCUT2D eigenvalue weighted by molar-refractivity contribution is 5.98. The summed E-state index contributed by atoms with van der Waals surface area (Å²) in [6.07, 6.45) is 2.07. The quantitative estimate of drug-likeness (QED) is 0.796. The summed E-state index contributed by atoms with van der Waals surface area (Å²) in [5.74, 6) is 0.496. The Balaban J connectivity index is 2.24. The fourth-order valence-corrected chi connectivity index (χ4v) is 1.80. The van der Waals surface area contributed by atoms with Crippen molar-refractivity contribution in [2.45, 2.75) is 6.42 Å². The molecule has 1 aromatic heterocycles. The highest BCUT2D eigenvalue weighted by atomic mass is 16.5. The van der Waals surface area contributed by atoms with Crippen molar-refractivity contribution in [1.82, 2.24) is 10.3 Å². The van der Waals surface area contributed by atoms with Gasteiger partial charge in [0.1, 0.15) is 11.3 Å². The second-order valence-electron chi connectivity index (χ2n) is 4.09. The summed E-state index contributed by atoms with van der Waals surface area (Å²) in [5.41, 5.74) is 1.23. The minimum Gasteiger partial charge on any atom is -0.494 e. The minimum absolute atomic E-state index is 0.0629. The summed E-state index contributed by atoms with van der Waals surface area (Å²) in [4.78, 5) is 16.1. The normalized spacial score (nSPS) is 10.4. The number of aromatic nitrogens is 1. The van der Waals surface area contributed by atoms with E-state index in [0.717, 1.165) is 10.9 Å². The van der Waals surface area contributed by atoms with E-state index < -0.39 is 0 Å². The summed E-state index contributed by atoms with van der Waals surface area (Å²) in [5, 5.41) is 12.2. The van der Waals surface area contributed by atoms with Crippen LogP contribution < -0.4 is 10.1 Å². The van der Waals surface area contributed by atoms with E-state index in [-0.39, 0.29) is 12.5 Å². The van der Waals surface area contributed by atoms with Gasteiger partial charge in [0, 0.05) is 24.7 Å². The third-order valence-corrected chi connectivity index (χ3v) is 2.78. The summed E-state index contributed by atoms with van der Waals surface area (Å²) in [6, 6.07) is 7.35. The van der Waals surface area contributed by atoms with Crippen LogP contribution in [0.3, 0.4) is 0 Å². The van der Waals surface area contributed by atoms with Crippen LogP contribution in [0.15, 0.2) is 30.5 Å². The van der Waals surface area contributed by atoms with Gasteiger partial charge in [0.15, 0.2) is 0 Å². The van der Waals surface area contributed by atoms with E-state index in [9.17, 15) is 4.79 Å². The minimum atomic E-state index is -0.189. The Kier molecular flexibility index (Phi) is 4.30. The van der Waals surface area contributed by atoms with E-state index in [1.807, 2.05) is 18.2 Å². The van der Waals surface area contributed by atoms with Crippen LogP contribution in [0.5, 0.6) is 5.75 Å². The Hall–Kier alpha value is -2.14. The van der Waals surface area contributed by atoms with Gasteiger partial charge in [-0.3, -0.25) is 9.78 Å². The molecule has 0 aliphatic heterocycles. The van der Waals surface area contributed by atoms with Crippen molar-refractivity contribution in [3.63, 3.8) is 0 Å². The van der Waals surface area contributed by atoms with Gasteiger partial charge < -0.3 is 15.2 Å². The molecule has 0 radical (unpaired) electrons. The topological polar surface area (TPSA) is 71.5 Å². The first-order chi connectivity index (χ1) is 9.26. The fraction of sp³-hybridized carbons (Fsp3) is 0.286. The standard InChI is InChI=1S/C14H16N2O3/c1-19-12-5-2-4-10-8-11(9-16-13(10)12)14(18)15-6-3-7-17/h2,4-5,8-9,17H,3,6-7H2,1H3,(H,15,18). The van der Waals surface area contributed by atoms with E-state index in [1.54, 1.807) is 13.2 Å². The number of pyridine rings is 1. The van der Waals surface area contributed by atoms with Crippen LogP contribution in [0.2, 0.25) is 0 Å². The van der Waals surface area contributed by atoms with Crippen LogP contribution in [0.1, 0.15) is 16.8 Å². The van der Waals surface area contributed by atoms with Gasteiger partial charge in [0.25, 0.3) is 5.91 Å². The van der Waals surface area contributed by atoms with Crippen LogP contribution >= 0.6 is 0 Å². The SMILES string of the molecule is COc1cccc2cc(C(=O)NCCCO)cnc12. The number of methoxy groups -OCH3 is 1. The molecule has 2 aromatic rings. The number of para-hydroxylation sites is 1. The van der Waals surface area contributed by atoms with Gasteiger partial charge in [-0.05, 0) is 18.6 Å². The molecule has 5 heteroatoms. The number of aliphatic hydroxyl groups is 1. The first kappa shape index (κ1) is 13.3. The lowest BCUT2D eigenvalue weighted by Gasteiger charge is -2.07. The zero-order valence-corrected chi connectivity index (χ0v) is 10.7. The number of rotatable bonds is 5. The number of benzene rings is 1. The third-order valence-electron chi connectivity index (χ3n) is 2.78. The number of amides is 1. The van der Waals surface area contributed by atoms with E-state index in [4.69, 9.17) is 9.84 Å². The first-order valence-corrected chi connectivity index (χ1v) is 6.08. The van der Waals surface area contributed by atoms with Crippen molar-refractivity contribution in [2.24, 2.45) is 0 Å². The van der Waals surface area contributed by atoms with Gasteiger partial charge in [-0.2, -0.15) is 0 Å². The van der Waals surface area contributed by atoms with Gasteiger partial charge in [-0.1, -0.05) is 12.1 Å². The molecule has 0 spiro atoms.